The largest absolute Gasteiger partial charge is 0.466 e. The van der Waals surface area contributed by atoms with E-state index in [-0.39, 0.29) is 12.0 Å². The average molecular weight is 330 g/mol. The average Bonchev–Trinajstić information content (AvgIpc) is 2.92. The molecule has 0 saturated carbocycles. The first kappa shape index (κ1) is 15.9. The number of benzene rings is 2. The SMILES string of the molecule is CCOC(=O)CCC1Cc2ccccc2N1c1ccc(Cl)cc1. The Hall–Kier alpha value is -2.00. The molecule has 0 N–H and O–H groups in total. The number of esters is 1. The first-order valence-corrected chi connectivity index (χ1v) is 8.35. The van der Waals surface area contributed by atoms with Gasteiger partial charge in [0.05, 0.1) is 6.61 Å². The van der Waals surface area contributed by atoms with Crippen LogP contribution in [0.4, 0.5) is 11.4 Å². The molecule has 0 amide bonds. The molecule has 3 rings (SSSR count). The Labute approximate surface area is 141 Å². The van der Waals surface area contributed by atoms with Gasteiger partial charge in [-0.2, -0.15) is 0 Å². The highest BCUT2D eigenvalue weighted by Gasteiger charge is 2.30. The van der Waals surface area contributed by atoms with Crippen molar-refractivity contribution in [3.05, 3.63) is 59.1 Å². The molecule has 0 aromatic heterocycles. The number of ether oxygens (including phenoxy) is 1. The van der Waals surface area contributed by atoms with Gasteiger partial charge >= 0.3 is 5.97 Å². The lowest BCUT2D eigenvalue weighted by atomic mass is 10.1. The fourth-order valence-electron chi connectivity index (χ4n) is 3.16. The van der Waals surface area contributed by atoms with Crippen molar-refractivity contribution < 1.29 is 9.53 Å². The molecule has 0 spiro atoms. The third kappa shape index (κ3) is 3.50. The second kappa shape index (κ2) is 7.05. The number of hydrogen-bond donors (Lipinski definition) is 0. The lowest BCUT2D eigenvalue weighted by Gasteiger charge is -2.27. The molecule has 0 saturated heterocycles. The number of rotatable bonds is 5. The summed E-state index contributed by atoms with van der Waals surface area (Å²) in [5, 5.41) is 0.726. The molecule has 3 nitrogen and oxygen atoms in total. The van der Waals surface area contributed by atoms with E-state index in [0.29, 0.717) is 13.0 Å². The highest BCUT2D eigenvalue weighted by Crippen LogP contribution is 2.39. The molecule has 120 valence electrons. The zero-order chi connectivity index (χ0) is 16.2. The summed E-state index contributed by atoms with van der Waals surface area (Å²) < 4.78 is 5.06. The summed E-state index contributed by atoms with van der Waals surface area (Å²) >= 11 is 6.01. The minimum atomic E-state index is -0.125. The van der Waals surface area contributed by atoms with E-state index in [1.807, 2.05) is 31.2 Å². The van der Waals surface area contributed by atoms with E-state index in [4.69, 9.17) is 16.3 Å². The Morgan fingerprint density at radius 2 is 1.96 bits per heavy atom. The van der Waals surface area contributed by atoms with Crippen molar-refractivity contribution in [1.29, 1.82) is 0 Å². The van der Waals surface area contributed by atoms with Crippen LogP contribution in [0.25, 0.3) is 0 Å². The van der Waals surface area contributed by atoms with E-state index in [2.05, 4.69) is 29.2 Å². The van der Waals surface area contributed by atoms with Gasteiger partial charge in [-0.25, -0.2) is 0 Å². The van der Waals surface area contributed by atoms with Crippen LogP contribution in [0.1, 0.15) is 25.3 Å². The third-order valence-corrected chi connectivity index (χ3v) is 4.42. The maximum atomic E-state index is 11.7. The maximum absolute atomic E-state index is 11.7. The highest BCUT2D eigenvalue weighted by atomic mass is 35.5. The Bertz CT molecular complexity index is 684. The third-order valence-electron chi connectivity index (χ3n) is 4.16. The zero-order valence-electron chi connectivity index (χ0n) is 13.2. The summed E-state index contributed by atoms with van der Waals surface area (Å²) in [6, 6.07) is 16.5. The van der Waals surface area contributed by atoms with Gasteiger partial charge in [-0.3, -0.25) is 4.79 Å². The van der Waals surface area contributed by atoms with Gasteiger partial charge in [0.2, 0.25) is 0 Å². The summed E-state index contributed by atoms with van der Waals surface area (Å²) in [5.41, 5.74) is 3.63. The second-order valence-corrected chi connectivity index (χ2v) is 6.11. The van der Waals surface area contributed by atoms with Crippen molar-refractivity contribution >= 4 is 28.9 Å². The fourth-order valence-corrected chi connectivity index (χ4v) is 3.29. The minimum Gasteiger partial charge on any atom is -0.466 e. The number of hydrogen-bond acceptors (Lipinski definition) is 3. The zero-order valence-corrected chi connectivity index (χ0v) is 13.9. The lowest BCUT2D eigenvalue weighted by molar-refractivity contribution is -0.143. The van der Waals surface area contributed by atoms with Gasteiger partial charge in [0, 0.05) is 28.9 Å². The maximum Gasteiger partial charge on any atom is 0.305 e. The van der Waals surface area contributed by atoms with Crippen LogP contribution in [-0.4, -0.2) is 18.6 Å². The van der Waals surface area contributed by atoms with Crippen LogP contribution in [0.5, 0.6) is 0 Å². The van der Waals surface area contributed by atoms with Gasteiger partial charge in [-0.15, -0.1) is 0 Å². The molecule has 0 fully saturated rings. The topological polar surface area (TPSA) is 29.5 Å². The monoisotopic (exact) mass is 329 g/mol. The van der Waals surface area contributed by atoms with Crippen LogP contribution >= 0.6 is 11.6 Å². The van der Waals surface area contributed by atoms with E-state index < -0.39 is 0 Å². The van der Waals surface area contributed by atoms with Gasteiger partial charge in [0.15, 0.2) is 0 Å². The van der Waals surface area contributed by atoms with Crippen LogP contribution in [0.3, 0.4) is 0 Å². The molecule has 1 aliphatic rings. The Kier molecular flexibility index (Phi) is 4.87. The quantitative estimate of drug-likeness (QED) is 0.742. The van der Waals surface area contributed by atoms with Crippen LogP contribution in [0.2, 0.25) is 5.02 Å². The van der Waals surface area contributed by atoms with Crippen LogP contribution in [-0.2, 0) is 16.0 Å². The molecule has 2 aromatic carbocycles. The first-order chi connectivity index (χ1) is 11.2. The van der Waals surface area contributed by atoms with E-state index >= 15 is 0 Å². The summed E-state index contributed by atoms with van der Waals surface area (Å²) in [6.07, 6.45) is 2.16. The molecule has 1 aliphatic heterocycles. The number of carbonyl (C=O) groups is 1. The van der Waals surface area contributed by atoms with Crippen molar-refractivity contribution in [3.63, 3.8) is 0 Å². The molecule has 0 radical (unpaired) electrons. The van der Waals surface area contributed by atoms with Crippen molar-refractivity contribution in [1.82, 2.24) is 0 Å². The van der Waals surface area contributed by atoms with Crippen molar-refractivity contribution in [3.8, 4) is 0 Å². The number of para-hydroxylation sites is 1. The minimum absolute atomic E-state index is 0.125. The van der Waals surface area contributed by atoms with E-state index in [0.717, 1.165) is 23.6 Å². The number of anilines is 2. The molecule has 1 unspecified atom stereocenters. The molecule has 0 bridgehead atoms. The predicted octanol–water partition coefficient (Wildman–Crippen LogP) is 4.75. The van der Waals surface area contributed by atoms with E-state index in [1.54, 1.807) is 0 Å². The molecule has 2 aromatic rings. The van der Waals surface area contributed by atoms with E-state index in [1.165, 1.54) is 11.3 Å². The molecular weight excluding hydrogens is 310 g/mol. The van der Waals surface area contributed by atoms with Crippen molar-refractivity contribution in [2.24, 2.45) is 0 Å². The molecule has 0 aliphatic carbocycles. The lowest BCUT2D eigenvalue weighted by Crippen LogP contribution is -2.28. The number of fused-ring (bicyclic) bond motifs is 1. The Morgan fingerprint density at radius 1 is 1.22 bits per heavy atom. The normalized spacial score (nSPS) is 16.3. The van der Waals surface area contributed by atoms with Crippen LogP contribution in [0.15, 0.2) is 48.5 Å². The molecule has 1 heterocycles. The second-order valence-electron chi connectivity index (χ2n) is 5.68. The summed E-state index contributed by atoms with van der Waals surface area (Å²) in [6.45, 7) is 2.27. The van der Waals surface area contributed by atoms with Gasteiger partial charge in [0.1, 0.15) is 0 Å². The van der Waals surface area contributed by atoms with Gasteiger partial charge in [0.25, 0.3) is 0 Å². The predicted molar refractivity (Wildman–Crippen MR) is 93.4 cm³/mol. The Balaban J connectivity index is 1.84. The van der Waals surface area contributed by atoms with Crippen molar-refractivity contribution in [2.45, 2.75) is 32.2 Å². The van der Waals surface area contributed by atoms with Gasteiger partial charge < -0.3 is 9.64 Å². The number of nitrogens with zero attached hydrogens (tertiary/aromatic N) is 1. The molecular formula is C19H20ClNO2. The first-order valence-electron chi connectivity index (χ1n) is 7.97. The van der Waals surface area contributed by atoms with E-state index in [9.17, 15) is 4.79 Å². The highest BCUT2D eigenvalue weighted by molar-refractivity contribution is 6.30. The standard InChI is InChI=1S/C19H20ClNO2/c1-2-23-19(22)12-11-17-13-14-5-3-4-6-18(14)21(17)16-9-7-15(20)8-10-16/h3-10,17H,2,11-13H2,1H3. The summed E-state index contributed by atoms with van der Waals surface area (Å²) in [5.74, 6) is -0.125. The van der Waals surface area contributed by atoms with Crippen LogP contribution < -0.4 is 4.90 Å². The summed E-state index contributed by atoms with van der Waals surface area (Å²) in [7, 11) is 0. The fraction of sp³-hybridized carbons (Fsp3) is 0.316. The smallest absolute Gasteiger partial charge is 0.305 e. The summed E-state index contributed by atoms with van der Waals surface area (Å²) in [4.78, 5) is 14.0. The molecule has 23 heavy (non-hydrogen) atoms. The molecule has 4 heteroatoms. The van der Waals surface area contributed by atoms with Crippen LogP contribution in [0, 0.1) is 0 Å². The van der Waals surface area contributed by atoms with Gasteiger partial charge in [-0.1, -0.05) is 29.8 Å². The number of halogens is 1. The Morgan fingerprint density at radius 3 is 2.70 bits per heavy atom. The molecule has 1 atom stereocenters. The van der Waals surface area contributed by atoms with Gasteiger partial charge in [-0.05, 0) is 55.7 Å². The van der Waals surface area contributed by atoms with Crippen molar-refractivity contribution in [2.75, 3.05) is 11.5 Å². The number of carbonyl (C=O) groups excluding carboxylic acids is 1.